The Hall–Kier alpha value is -2.43. The Balaban J connectivity index is 1.86. The summed E-state index contributed by atoms with van der Waals surface area (Å²) in [6, 6.07) is 7.05. The Bertz CT molecular complexity index is 721. The van der Waals surface area contributed by atoms with E-state index in [1.165, 1.54) is 12.6 Å². The Morgan fingerprint density at radius 3 is 2.64 bits per heavy atom. The van der Waals surface area contributed by atoms with Crippen molar-refractivity contribution in [2.24, 2.45) is 5.92 Å². The molecule has 0 bridgehead atoms. The van der Waals surface area contributed by atoms with E-state index >= 15 is 0 Å². The lowest BCUT2D eigenvalue weighted by molar-refractivity contribution is -0.120. The molecule has 22 heavy (non-hydrogen) atoms. The molecule has 0 spiro atoms. The highest BCUT2D eigenvalue weighted by Gasteiger charge is 2.21. The van der Waals surface area contributed by atoms with Gasteiger partial charge in [-0.3, -0.25) is 4.79 Å². The number of pyridine rings is 1. The number of amides is 1. The van der Waals surface area contributed by atoms with E-state index in [0.29, 0.717) is 11.1 Å². The number of carboxylic acid groups (broad SMARTS) is 1. The van der Waals surface area contributed by atoms with Crippen LogP contribution in [0.25, 0.3) is 10.8 Å². The van der Waals surface area contributed by atoms with Gasteiger partial charge in [0.1, 0.15) is 0 Å². The molecule has 0 saturated heterocycles. The van der Waals surface area contributed by atoms with Crippen LogP contribution in [0, 0.1) is 5.92 Å². The van der Waals surface area contributed by atoms with Gasteiger partial charge in [-0.25, -0.2) is 9.78 Å². The lowest BCUT2D eigenvalue weighted by atomic mass is 9.88. The molecule has 3 rings (SSSR count). The van der Waals surface area contributed by atoms with Gasteiger partial charge in [0.2, 0.25) is 5.91 Å². The van der Waals surface area contributed by atoms with E-state index in [-0.39, 0.29) is 17.5 Å². The Labute approximate surface area is 128 Å². The Morgan fingerprint density at radius 1 is 1.14 bits per heavy atom. The van der Waals surface area contributed by atoms with Crippen LogP contribution in [0.2, 0.25) is 0 Å². The number of hydrogen-bond acceptors (Lipinski definition) is 3. The van der Waals surface area contributed by atoms with Crippen molar-refractivity contribution in [3.05, 3.63) is 36.2 Å². The summed E-state index contributed by atoms with van der Waals surface area (Å²) in [6.07, 6.45) is 6.74. The van der Waals surface area contributed by atoms with E-state index in [1.54, 1.807) is 24.3 Å². The first kappa shape index (κ1) is 14.5. The number of aromatic carboxylic acids is 1. The molecule has 1 amide bonds. The third-order valence-corrected chi connectivity index (χ3v) is 4.21. The van der Waals surface area contributed by atoms with Crippen LogP contribution in [0.1, 0.15) is 42.6 Å². The van der Waals surface area contributed by atoms with Gasteiger partial charge in [0.05, 0.1) is 0 Å². The third-order valence-electron chi connectivity index (χ3n) is 4.21. The second-order valence-electron chi connectivity index (χ2n) is 5.72. The van der Waals surface area contributed by atoms with Gasteiger partial charge in [0, 0.05) is 23.2 Å². The number of nitrogens with zero attached hydrogens (tertiary/aromatic N) is 1. The number of hydrogen-bond donors (Lipinski definition) is 2. The molecular weight excluding hydrogens is 280 g/mol. The molecule has 2 aromatic rings. The maximum atomic E-state index is 12.3. The van der Waals surface area contributed by atoms with Gasteiger partial charge in [0.25, 0.3) is 0 Å². The first-order valence-corrected chi connectivity index (χ1v) is 7.58. The molecule has 0 aliphatic heterocycles. The summed E-state index contributed by atoms with van der Waals surface area (Å²) in [5.41, 5.74) is 0.629. The fourth-order valence-corrected chi connectivity index (χ4v) is 3.03. The van der Waals surface area contributed by atoms with Crippen molar-refractivity contribution in [1.29, 1.82) is 0 Å². The van der Waals surface area contributed by atoms with E-state index < -0.39 is 5.97 Å². The normalized spacial score (nSPS) is 15.6. The van der Waals surface area contributed by atoms with Crippen molar-refractivity contribution in [3.63, 3.8) is 0 Å². The molecule has 0 unspecified atom stereocenters. The minimum absolute atomic E-state index is 0.00580. The minimum Gasteiger partial charge on any atom is -0.476 e. The van der Waals surface area contributed by atoms with Crippen LogP contribution in [0.3, 0.4) is 0 Å². The fourth-order valence-electron chi connectivity index (χ4n) is 3.03. The quantitative estimate of drug-likeness (QED) is 0.909. The lowest BCUT2D eigenvalue weighted by Gasteiger charge is -2.20. The van der Waals surface area contributed by atoms with Crippen molar-refractivity contribution >= 4 is 28.3 Å². The smallest absolute Gasteiger partial charge is 0.355 e. The molecule has 0 atom stereocenters. The molecule has 1 heterocycles. The molecule has 5 nitrogen and oxygen atoms in total. The lowest BCUT2D eigenvalue weighted by Crippen LogP contribution is -2.24. The van der Waals surface area contributed by atoms with Gasteiger partial charge in [-0.15, -0.1) is 0 Å². The highest BCUT2D eigenvalue weighted by Crippen LogP contribution is 2.26. The predicted octanol–water partition coefficient (Wildman–Crippen LogP) is 3.45. The predicted molar refractivity (Wildman–Crippen MR) is 83.9 cm³/mol. The van der Waals surface area contributed by atoms with Crippen LogP contribution in [0.4, 0.5) is 5.69 Å². The monoisotopic (exact) mass is 298 g/mol. The average molecular weight is 298 g/mol. The maximum Gasteiger partial charge on any atom is 0.355 e. The zero-order valence-electron chi connectivity index (χ0n) is 12.2. The molecule has 114 valence electrons. The van der Waals surface area contributed by atoms with Crippen molar-refractivity contribution in [3.8, 4) is 0 Å². The number of benzene rings is 1. The van der Waals surface area contributed by atoms with E-state index in [4.69, 9.17) is 0 Å². The molecule has 1 saturated carbocycles. The highest BCUT2D eigenvalue weighted by molar-refractivity contribution is 6.04. The number of aromatic nitrogens is 1. The molecule has 1 aromatic heterocycles. The SMILES string of the molecule is O=C(O)c1nccc2ccc(NC(=O)C3CCCCC3)cc12. The fraction of sp³-hybridized carbons (Fsp3) is 0.353. The summed E-state index contributed by atoms with van der Waals surface area (Å²) < 4.78 is 0. The topological polar surface area (TPSA) is 79.3 Å². The van der Waals surface area contributed by atoms with Crippen molar-refractivity contribution in [2.75, 3.05) is 5.32 Å². The van der Waals surface area contributed by atoms with Crippen LogP contribution in [0.5, 0.6) is 0 Å². The summed E-state index contributed by atoms with van der Waals surface area (Å²) >= 11 is 0. The number of carbonyl (C=O) groups is 2. The molecule has 1 aromatic carbocycles. The molecule has 1 aliphatic rings. The van der Waals surface area contributed by atoms with Crippen molar-refractivity contribution < 1.29 is 14.7 Å². The molecule has 1 fully saturated rings. The second-order valence-corrected chi connectivity index (χ2v) is 5.72. The van der Waals surface area contributed by atoms with Crippen LogP contribution in [0.15, 0.2) is 30.5 Å². The molecule has 0 radical (unpaired) electrons. The van der Waals surface area contributed by atoms with Gasteiger partial charge in [-0.1, -0.05) is 25.3 Å². The minimum atomic E-state index is -1.07. The summed E-state index contributed by atoms with van der Waals surface area (Å²) in [4.78, 5) is 27.4. The standard InChI is InChI=1S/C17H18N2O3/c20-16(12-4-2-1-3-5-12)19-13-7-6-11-8-9-18-15(17(21)22)14(11)10-13/h6-10,12H,1-5H2,(H,19,20)(H,21,22). The van der Waals surface area contributed by atoms with Crippen LogP contribution >= 0.6 is 0 Å². The number of carboxylic acids is 1. The molecule has 5 heteroatoms. The molecule has 1 aliphatic carbocycles. The second kappa shape index (κ2) is 6.13. The summed E-state index contributed by atoms with van der Waals surface area (Å²) in [6.45, 7) is 0. The Morgan fingerprint density at radius 2 is 1.91 bits per heavy atom. The number of nitrogens with one attached hydrogen (secondary N) is 1. The largest absolute Gasteiger partial charge is 0.476 e. The van der Waals surface area contributed by atoms with E-state index in [1.807, 2.05) is 0 Å². The summed E-state index contributed by atoms with van der Waals surface area (Å²) in [5, 5.41) is 13.5. The van der Waals surface area contributed by atoms with Gasteiger partial charge >= 0.3 is 5.97 Å². The number of anilines is 1. The van der Waals surface area contributed by atoms with Gasteiger partial charge in [-0.2, -0.15) is 0 Å². The molecular formula is C17H18N2O3. The van der Waals surface area contributed by atoms with Crippen molar-refractivity contribution in [2.45, 2.75) is 32.1 Å². The summed E-state index contributed by atoms with van der Waals surface area (Å²) in [7, 11) is 0. The van der Waals surface area contributed by atoms with Gasteiger partial charge in [0.15, 0.2) is 5.69 Å². The zero-order chi connectivity index (χ0) is 15.5. The average Bonchev–Trinajstić information content (AvgIpc) is 2.55. The maximum absolute atomic E-state index is 12.3. The Kier molecular flexibility index (Phi) is 4.04. The summed E-state index contributed by atoms with van der Waals surface area (Å²) in [5.74, 6) is -0.974. The zero-order valence-corrected chi connectivity index (χ0v) is 12.2. The number of fused-ring (bicyclic) bond motifs is 1. The van der Waals surface area contributed by atoms with Crippen LogP contribution < -0.4 is 5.32 Å². The first-order chi connectivity index (χ1) is 10.6. The van der Waals surface area contributed by atoms with Crippen LogP contribution in [-0.2, 0) is 4.79 Å². The first-order valence-electron chi connectivity index (χ1n) is 7.58. The van der Waals surface area contributed by atoms with Gasteiger partial charge in [-0.05, 0) is 36.4 Å². The van der Waals surface area contributed by atoms with Crippen molar-refractivity contribution in [1.82, 2.24) is 4.98 Å². The molecule has 2 N–H and O–H groups in total. The van der Waals surface area contributed by atoms with Crippen LogP contribution in [-0.4, -0.2) is 22.0 Å². The number of rotatable bonds is 3. The highest BCUT2D eigenvalue weighted by atomic mass is 16.4. The number of carbonyl (C=O) groups excluding carboxylic acids is 1. The van der Waals surface area contributed by atoms with E-state index in [2.05, 4.69) is 10.3 Å². The van der Waals surface area contributed by atoms with E-state index in [9.17, 15) is 14.7 Å². The van der Waals surface area contributed by atoms with E-state index in [0.717, 1.165) is 31.1 Å². The third kappa shape index (κ3) is 2.93. The van der Waals surface area contributed by atoms with Gasteiger partial charge < -0.3 is 10.4 Å².